The second-order valence-electron chi connectivity index (χ2n) is 5.45. The third-order valence-electron chi connectivity index (χ3n) is 3.88. The number of nitrogens with one attached hydrogen (secondary N) is 1. The fraction of sp³-hybridized carbons (Fsp3) is 0.150. The van der Waals surface area contributed by atoms with Gasteiger partial charge < -0.3 is 5.32 Å². The zero-order chi connectivity index (χ0) is 15.9. The first-order chi connectivity index (χ1) is 11.3. The predicted octanol–water partition coefficient (Wildman–Crippen LogP) is 4.85. The molecule has 3 aromatic rings. The Kier molecular flexibility index (Phi) is 4.99. The van der Waals surface area contributed by atoms with Crippen LogP contribution in [0.15, 0.2) is 79.0 Å². The molecule has 116 valence electrons. The molecule has 2 aromatic carbocycles. The maximum absolute atomic E-state index is 13.2. The van der Waals surface area contributed by atoms with Crippen molar-refractivity contribution < 1.29 is 4.39 Å². The fourth-order valence-corrected chi connectivity index (χ4v) is 2.72. The number of halogens is 1. The highest BCUT2D eigenvalue weighted by Gasteiger charge is 2.14. The lowest BCUT2D eigenvalue weighted by atomic mass is 9.88. The van der Waals surface area contributed by atoms with Crippen LogP contribution < -0.4 is 5.32 Å². The van der Waals surface area contributed by atoms with Gasteiger partial charge in [-0.15, -0.1) is 0 Å². The average molecular weight is 306 g/mol. The van der Waals surface area contributed by atoms with Crippen LogP contribution in [0.2, 0.25) is 0 Å². The Hall–Kier alpha value is -2.68. The van der Waals surface area contributed by atoms with Gasteiger partial charge in [0.15, 0.2) is 0 Å². The highest BCUT2D eigenvalue weighted by atomic mass is 19.1. The summed E-state index contributed by atoms with van der Waals surface area (Å²) in [6.07, 6.45) is 2.68. The number of rotatable bonds is 6. The standard InChI is InChI=1S/C20H19FN2/c21-18-11-9-17(10-12-18)19(16-6-2-1-3-7-16)13-15-23-20-8-4-5-14-22-20/h1-12,14,19H,13,15H2,(H,22,23). The lowest BCUT2D eigenvalue weighted by molar-refractivity contribution is 0.625. The van der Waals surface area contributed by atoms with Gasteiger partial charge in [-0.1, -0.05) is 48.5 Å². The van der Waals surface area contributed by atoms with E-state index in [0.717, 1.165) is 24.3 Å². The maximum Gasteiger partial charge on any atom is 0.125 e. The molecule has 1 atom stereocenters. The lowest BCUT2D eigenvalue weighted by Crippen LogP contribution is -2.10. The highest BCUT2D eigenvalue weighted by Crippen LogP contribution is 2.28. The number of anilines is 1. The monoisotopic (exact) mass is 306 g/mol. The third-order valence-corrected chi connectivity index (χ3v) is 3.88. The summed E-state index contributed by atoms with van der Waals surface area (Å²) in [5, 5.41) is 3.34. The minimum Gasteiger partial charge on any atom is -0.370 e. The van der Waals surface area contributed by atoms with Crippen LogP contribution in [0.5, 0.6) is 0 Å². The Bertz CT molecular complexity index is 712. The van der Waals surface area contributed by atoms with E-state index in [2.05, 4.69) is 22.4 Å². The van der Waals surface area contributed by atoms with Gasteiger partial charge in [0.2, 0.25) is 0 Å². The molecule has 23 heavy (non-hydrogen) atoms. The van der Waals surface area contributed by atoms with E-state index in [-0.39, 0.29) is 11.7 Å². The molecule has 0 saturated heterocycles. The SMILES string of the molecule is Fc1ccc(C(CCNc2ccccn2)c2ccccc2)cc1. The van der Waals surface area contributed by atoms with E-state index in [4.69, 9.17) is 0 Å². The van der Waals surface area contributed by atoms with Gasteiger partial charge in [0.1, 0.15) is 11.6 Å². The molecule has 3 rings (SSSR count). The number of hydrogen-bond donors (Lipinski definition) is 1. The van der Waals surface area contributed by atoms with Crippen molar-refractivity contribution in [2.75, 3.05) is 11.9 Å². The van der Waals surface area contributed by atoms with Crippen molar-refractivity contribution in [3.8, 4) is 0 Å². The summed E-state index contributed by atoms with van der Waals surface area (Å²) in [4.78, 5) is 4.27. The molecule has 0 saturated carbocycles. The first kappa shape index (κ1) is 15.2. The van der Waals surface area contributed by atoms with Crippen molar-refractivity contribution in [2.24, 2.45) is 0 Å². The van der Waals surface area contributed by atoms with Crippen LogP contribution in [0.1, 0.15) is 23.5 Å². The Balaban J connectivity index is 1.74. The van der Waals surface area contributed by atoms with E-state index in [9.17, 15) is 4.39 Å². The van der Waals surface area contributed by atoms with E-state index in [1.54, 1.807) is 6.20 Å². The molecule has 1 aromatic heterocycles. The van der Waals surface area contributed by atoms with E-state index in [0.29, 0.717) is 0 Å². The summed E-state index contributed by atoms with van der Waals surface area (Å²) in [7, 11) is 0. The van der Waals surface area contributed by atoms with Crippen LogP contribution in [0.25, 0.3) is 0 Å². The van der Waals surface area contributed by atoms with Crippen molar-refractivity contribution in [2.45, 2.75) is 12.3 Å². The summed E-state index contributed by atoms with van der Waals surface area (Å²) in [5.74, 6) is 0.901. The Morgan fingerprint density at radius 2 is 1.52 bits per heavy atom. The molecular formula is C20H19FN2. The molecule has 3 heteroatoms. The smallest absolute Gasteiger partial charge is 0.125 e. The van der Waals surface area contributed by atoms with Gasteiger partial charge in [0.05, 0.1) is 0 Å². The molecule has 0 bridgehead atoms. The number of pyridine rings is 1. The molecule has 0 aliphatic rings. The van der Waals surface area contributed by atoms with Gasteiger partial charge in [-0.3, -0.25) is 0 Å². The summed E-state index contributed by atoms with van der Waals surface area (Å²) in [6.45, 7) is 0.800. The van der Waals surface area contributed by atoms with Gasteiger partial charge in [-0.05, 0) is 41.8 Å². The fourth-order valence-electron chi connectivity index (χ4n) is 2.72. The van der Waals surface area contributed by atoms with Crippen molar-refractivity contribution in [1.82, 2.24) is 4.98 Å². The van der Waals surface area contributed by atoms with Crippen molar-refractivity contribution >= 4 is 5.82 Å². The van der Waals surface area contributed by atoms with Gasteiger partial charge in [0.25, 0.3) is 0 Å². The summed E-state index contributed by atoms with van der Waals surface area (Å²) >= 11 is 0. The van der Waals surface area contributed by atoms with Gasteiger partial charge in [0, 0.05) is 18.7 Å². The van der Waals surface area contributed by atoms with Gasteiger partial charge >= 0.3 is 0 Å². The Morgan fingerprint density at radius 1 is 0.826 bits per heavy atom. The summed E-state index contributed by atoms with van der Waals surface area (Å²) in [5.41, 5.74) is 2.36. The minimum atomic E-state index is -0.202. The molecule has 0 spiro atoms. The third kappa shape index (κ3) is 4.16. The normalized spacial score (nSPS) is 11.9. The van der Waals surface area contributed by atoms with E-state index >= 15 is 0 Å². The first-order valence-corrected chi connectivity index (χ1v) is 7.78. The van der Waals surface area contributed by atoms with E-state index in [1.807, 2.05) is 48.5 Å². The van der Waals surface area contributed by atoms with Crippen LogP contribution >= 0.6 is 0 Å². The maximum atomic E-state index is 13.2. The average Bonchev–Trinajstić information content (AvgIpc) is 2.61. The predicted molar refractivity (Wildman–Crippen MR) is 92.0 cm³/mol. The zero-order valence-corrected chi connectivity index (χ0v) is 12.8. The topological polar surface area (TPSA) is 24.9 Å². The molecule has 0 amide bonds. The highest BCUT2D eigenvalue weighted by molar-refractivity contribution is 5.35. The lowest BCUT2D eigenvalue weighted by Gasteiger charge is -2.18. The van der Waals surface area contributed by atoms with Crippen molar-refractivity contribution in [3.05, 3.63) is 95.9 Å². The number of benzene rings is 2. The van der Waals surface area contributed by atoms with E-state index in [1.165, 1.54) is 17.7 Å². The molecule has 1 N–H and O–H groups in total. The quantitative estimate of drug-likeness (QED) is 0.704. The number of nitrogens with zero attached hydrogens (tertiary/aromatic N) is 1. The molecule has 2 nitrogen and oxygen atoms in total. The molecule has 0 aliphatic heterocycles. The second-order valence-corrected chi connectivity index (χ2v) is 5.45. The van der Waals surface area contributed by atoms with Crippen LogP contribution in [0.4, 0.5) is 10.2 Å². The van der Waals surface area contributed by atoms with Crippen LogP contribution in [-0.2, 0) is 0 Å². The minimum absolute atomic E-state index is 0.202. The summed E-state index contributed by atoms with van der Waals surface area (Å²) < 4.78 is 13.2. The number of aromatic nitrogens is 1. The Labute approximate surface area is 136 Å². The molecule has 0 aliphatic carbocycles. The van der Waals surface area contributed by atoms with Crippen LogP contribution in [0.3, 0.4) is 0 Å². The molecule has 1 heterocycles. The molecule has 0 fully saturated rings. The molecule has 0 radical (unpaired) electrons. The second kappa shape index (κ2) is 7.54. The van der Waals surface area contributed by atoms with Crippen molar-refractivity contribution in [3.63, 3.8) is 0 Å². The van der Waals surface area contributed by atoms with Crippen LogP contribution in [0, 0.1) is 5.82 Å². The van der Waals surface area contributed by atoms with Crippen LogP contribution in [-0.4, -0.2) is 11.5 Å². The zero-order valence-electron chi connectivity index (χ0n) is 12.8. The van der Waals surface area contributed by atoms with Gasteiger partial charge in [-0.2, -0.15) is 0 Å². The molecular weight excluding hydrogens is 287 g/mol. The number of hydrogen-bond acceptors (Lipinski definition) is 2. The Morgan fingerprint density at radius 3 is 2.22 bits per heavy atom. The van der Waals surface area contributed by atoms with Gasteiger partial charge in [-0.25, -0.2) is 9.37 Å². The van der Waals surface area contributed by atoms with E-state index < -0.39 is 0 Å². The molecule has 1 unspecified atom stereocenters. The first-order valence-electron chi connectivity index (χ1n) is 7.78. The van der Waals surface area contributed by atoms with Crippen molar-refractivity contribution in [1.29, 1.82) is 0 Å². The summed E-state index contributed by atoms with van der Waals surface area (Å²) in [6, 6.07) is 22.9. The largest absolute Gasteiger partial charge is 0.370 e.